The lowest BCUT2D eigenvalue weighted by Gasteiger charge is -2.17. The number of H-pyrrole nitrogens is 1. The van der Waals surface area contributed by atoms with Crippen LogP contribution in [0.3, 0.4) is 0 Å². The van der Waals surface area contributed by atoms with Gasteiger partial charge in [0.15, 0.2) is 0 Å². The number of aromatic nitrogens is 2. The summed E-state index contributed by atoms with van der Waals surface area (Å²) in [7, 11) is 0. The van der Waals surface area contributed by atoms with Gasteiger partial charge in [0.05, 0.1) is 0 Å². The van der Waals surface area contributed by atoms with Crippen LogP contribution in [0, 0.1) is 5.82 Å². The Kier molecular flexibility index (Phi) is 10.3. The molecule has 0 bridgehead atoms. The average molecular weight is 387 g/mol. The van der Waals surface area contributed by atoms with Crippen molar-refractivity contribution in [1.82, 2.24) is 9.97 Å². The van der Waals surface area contributed by atoms with E-state index in [0.717, 1.165) is 49.1 Å². The predicted molar refractivity (Wildman–Crippen MR) is 117 cm³/mol. The lowest BCUT2D eigenvalue weighted by atomic mass is 9.90. The largest absolute Gasteiger partial charge is 0.348 e. The summed E-state index contributed by atoms with van der Waals surface area (Å²) in [6.45, 7) is 6.67. The van der Waals surface area contributed by atoms with Crippen molar-refractivity contribution >= 4 is 0 Å². The summed E-state index contributed by atoms with van der Waals surface area (Å²) in [5, 5.41) is 0. The van der Waals surface area contributed by atoms with Crippen LogP contribution in [0.4, 0.5) is 4.39 Å². The van der Waals surface area contributed by atoms with Crippen LogP contribution < -0.4 is 0 Å². The SMILES string of the molecule is CCCCCCCc1ccc(C(C)CCCC(CCC)c2ncc[nH]2)cc1F. The second kappa shape index (κ2) is 12.7. The van der Waals surface area contributed by atoms with Gasteiger partial charge in [-0.15, -0.1) is 0 Å². The number of hydrogen-bond acceptors (Lipinski definition) is 1. The standard InChI is InChI=1S/C25H39FN2/c1-4-6-7-8-9-13-21-15-16-23(19-24(21)26)20(3)12-10-14-22(11-5-2)25-27-17-18-28-25/h15-20,22H,4-14H2,1-3H3,(H,27,28). The highest BCUT2D eigenvalue weighted by Gasteiger charge is 2.15. The Morgan fingerprint density at radius 3 is 2.46 bits per heavy atom. The molecule has 0 radical (unpaired) electrons. The molecule has 0 aliphatic carbocycles. The van der Waals surface area contributed by atoms with Crippen LogP contribution in [-0.4, -0.2) is 9.97 Å². The number of halogens is 1. The molecule has 28 heavy (non-hydrogen) atoms. The fourth-order valence-corrected chi connectivity index (χ4v) is 4.10. The van der Waals surface area contributed by atoms with E-state index in [0.29, 0.717) is 11.8 Å². The van der Waals surface area contributed by atoms with Crippen molar-refractivity contribution in [2.75, 3.05) is 0 Å². The second-order valence-electron chi connectivity index (χ2n) is 8.31. The van der Waals surface area contributed by atoms with Gasteiger partial charge in [0.2, 0.25) is 0 Å². The van der Waals surface area contributed by atoms with E-state index >= 15 is 0 Å². The van der Waals surface area contributed by atoms with Crippen molar-refractivity contribution < 1.29 is 4.39 Å². The molecule has 2 rings (SSSR count). The van der Waals surface area contributed by atoms with Crippen LogP contribution in [0.2, 0.25) is 0 Å². The third kappa shape index (κ3) is 7.41. The molecule has 2 unspecified atom stereocenters. The Morgan fingerprint density at radius 1 is 0.964 bits per heavy atom. The molecule has 156 valence electrons. The first-order chi connectivity index (χ1) is 13.7. The normalized spacial score (nSPS) is 13.6. The Balaban J connectivity index is 1.80. The summed E-state index contributed by atoms with van der Waals surface area (Å²) in [4.78, 5) is 7.72. The van der Waals surface area contributed by atoms with Crippen LogP contribution in [-0.2, 0) is 6.42 Å². The van der Waals surface area contributed by atoms with E-state index in [-0.39, 0.29) is 5.82 Å². The summed E-state index contributed by atoms with van der Waals surface area (Å²) >= 11 is 0. The van der Waals surface area contributed by atoms with Gasteiger partial charge in [0, 0.05) is 18.3 Å². The van der Waals surface area contributed by atoms with Crippen LogP contribution in [0.15, 0.2) is 30.6 Å². The third-order valence-electron chi connectivity index (χ3n) is 5.93. The Hall–Kier alpha value is -1.64. The van der Waals surface area contributed by atoms with Gasteiger partial charge in [-0.1, -0.05) is 71.4 Å². The number of imidazole rings is 1. The topological polar surface area (TPSA) is 28.7 Å². The molecule has 2 nitrogen and oxygen atoms in total. The van der Waals surface area contributed by atoms with Gasteiger partial charge in [0.1, 0.15) is 11.6 Å². The second-order valence-corrected chi connectivity index (χ2v) is 8.31. The zero-order valence-corrected chi connectivity index (χ0v) is 18.1. The highest BCUT2D eigenvalue weighted by atomic mass is 19.1. The fourth-order valence-electron chi connectivity index (χ4n) is 4.10. The van der Waals surface area contributed by atoms with Crippen molar-refractivity contribution in [3.05, 3.63) is 53.4 Å². The Labute approximate surface area is 171 Å². The summed E-state index contributed by atoms with van der Waals surface area (Å²) in [5.74, 6) is 2.01. The molecule has 0 fully saturated rings. The molecule has 1 N–H and O–H groups in total. The molecule has 0 spiro atoms. The van der Waals surface area contributed by atoms with E-state index in [1.54, 1.807) is 6.07 Å². The Bertz CT molecular complexity index is 651. The van der Waals surface area contributed by atoms with Gasteiger partial charge in [-0.05, 0) is 55.2 Å². The van der Waals surface area contributed by atoms with E-state index < -0.39 is 0 Å². The lowest BCUT2D eigenvalue weighted by molar-refractivity contribution is 0.495. The summed E-state index contributed by atoms with van der Waals surface area (Å²) in [6.07, 6.45) is 16.5. The number of aromatic amines is 1. The van der Waals surface area contributed by atoms with E-state index in [1.165, 1.54) is 38.5 Å². The minimum Gasteiger partial charge on any atom is -0.348 e. The maximum absolute atomic E-state index is 14.5. The average Bonchev–Trinajstić information content (AvgIpc) is 3.22. The molecular formula is C25H39FN2. The molecule has 1 aromatic heterocycles. The van der Waals surface area contributed by atoms with Gasteiger partial charge in [-0.25, -0.2) is 9.37 Å². The van der Waals surface area contributed by atoms with Gasteiger partial charge < -0.3 is 4.98 Å². The van der Waals surface area contributed by atoms with Crippen molar-refractivity contribution in [3.8, 4) is 0 Å². The van der Waals surface area contributed by atoms with E-state index in [2.05, 4.69) is 36.8 Å². The van der Waals surface area contributed by atoms with Crippen molar-refractivity contribution in [2.45, 2.75) is 103 Å². The molecule has 1 heterocycles. The van der Waals surface area contributed by atoms with Crippen LogP contribution >= 0.6 is 0 Å². The summed E-state index contributed by atoms with van der Waals surface area (Å²) < 4.78 is 14.5. The van der Waals surface area contributed by atoms with E-state index in [1.807, 2.05) is 18.5 Å². The highest BCUT2D eigenvalue weighted by Crippen LogP contribution is 2.29. The minimum atomic E-state index is -0.0145. The molecule has 0 aliphatic heterocycles. The number of hydrogen-bond donors (Lipinski definition) is 1. The molecule has 0 saturated carbocycles. The van der Waals surface area contributed by atoms with Crippen molar-refractivity contribution in [3.63, 3.8) is 0 Å². The highest BCUT2D eigenvalue weighted by molar-refractivity contribution is 5.27. The van der Waals surface area contributed by atoms with Crippen LogP contribution in [0.5, 0.6) is 0 Å². The maximum Gasteiger partial charge on any atom is 0.126 e. The smallest absolute Gasteiger partial charge is 0.126 e. The van der Waals surface area contributed by atoms with Crippen molar-refractivity contribution in [1.29, 1.82) is 0 Å². The van der Waals surface area contributed by atoms with E-state index in [4.69, 9.17) is 0 Å². The maximum atomic E-state index is 14.5. The zero-order chi connectivity index (χ0) is 20.2. The first-order valence-electron chi connectivity index (χ1n) is 11.4. The summed E-state index contributed by atoms with van der Waals surface area (Å²) in [6, 6.07) is 5.94. The molecule has 0 aliphatic rings. The monoisotopic (exact) mass is 386 g/mol. The number of nitrogens with one attached hydrogen (secondary N) is 1. The molecular weight excluding hydrogens is 347 g/mol. The molecule has 0 amide bonds. The fraction of sp³-hybridized carbons (Fsp3) is 0.640. The van der Waals surface area contributed by atoms with Crippen molar-refractivity contribution in [2.24, 2.45) is 0 Å². The molecule has 3 heteroatoms. The number of aryl methyl sites for hydroxylation is 1. The van der Waals surface area contributed by atoms with E-state index in [9.17, 15) is 4.39 Å². The zero-order valence-electron chi connectivity index (χ0n) is 18.1. The predicted octanol–water partition coefficient (Wildman–Crippen LogP) is 7.92. The Morgan fingerprint density at radius 2 is 1.79 bits per heavy atom. The third-order valence-corrected chi connectivity index (χ3v) is 5.93. The molecule has 1 aromatic carbocycles. The van der Waals surface area contributed by atoms with Gasteiger partial charge in [-0.3, -0.25) is 0 Å². The summed E-state index contributed by atoms with van der Waals surface area (Å²) in [5.41, 5.74) is 2.02. The number of rotatable bonds is 14. The quantitative estimate of drug-likeness (QED) is 0.328. The van der Waals surface area contributed by atoms with Gasteiger partial charge in [0.25, 0.3) is 0 Å². The van der Waals surface area contributed by atoms with Crippen LogP contribution in [0.1, 0.15) is 114 Å². The van der Waals surface area contributed by atoms with Crippen LogP contribution in [0.25, 0.3) is 0 Å². The van der Waals surface area contributed by atoms with Gasteiger partial charge >= 0.3 is 0 Å². The lowest BCUT2D eigenvalue weighted by Crippen LogP contribution is -2.03. The number of nitrogens with zero attached hydrogens (tertiary/aromatic N) is 1. The number of benzene rings is 1. The minimum absolute atomic E-state index is 0.0145. The molecule has 2 aromatic rings. The number of unbranched alkanes of at least 4 members (excludes halogenated alkanes) is 4. The first kappa shape index (κ1) is 22.6. The molecule has 2 atom stereocenters. The van der Waals surface area contributed by atoms with Gasteiger partial charge in [-0.2, -0.15) is 0 Å². The first-order valence-corrected chi connectivity index (χ1v) is 11.4. The molecule has 0 saturated heterocycles.